The topological polar surface area (TPSA) is 101 Å². The Balaban J connectivity index is 1.59. The molecule has 3 rings (SSSR count). The summed E-state index contributed by atoms with van der Waals surface area (Å²) < 4.78 is 0. The van der Waals surface area contributed by atoms with Crippen molar-refractivity contribution in [2.24, 2.45) is 5.92 Å². The molecular formula is C17H17N3O4S. The lowest BCUT2D eigenvalue weighted by atomic mass is 10.1. The van der Waals surface area contributed by atoms with Crippen molar-refractivity contribution in [3.05, 3.63) is 57.0 Å². The summed E-state index contributed by atoms with van der Waals surface area (Å²) in [4.78, 5) is 34.4. The number of nitrogens with zero attached hydrogens (tertiary/aromatic N) is 1. The minimum atomic E-state index is -0.514. The first-order valence-corrected chi connectivity index (χ1v) is 8.71. The molecule has 1 atom stereocenters. The molecule has 1 aromatic heterocycles. The summed E-state index contributed by atoms with van der Waals surface area (Å²) >= 11 is 0.846. The van der Waals surface area contributed by atoms with Gasteiger partial charge in [-0.2, -0.15) is 0 Å². The van der Waals surface area contributed by atoms with E-state index < -0.39 is 4.92 Å². The molecule has 1 saturated carbocycles. The van der Waals surface area contributed by atoms with E-state index in [4.69, 9.17) is 0 Å². The standard InChI is InChI=1S/C17H17N3O4S/c1-10(18-17(22)14-8-9-15(25-14)20(23)24)11-4-6-13(7-5-11)19-16(21)12-2-3-12/h4-10,12H,2-3H2,1H3,(H,18,22)(H,19,21). The van der Waals surface area contributed by atoms with Crippen LogP contribution >= 0.6 is 11.3 Å². The highest BCUT2D eigenvalue weighted by Gasteiger charge is 2.29. The van der Waals surface area contributed by atoms with E-state index in [-0.39, 0.29) is 28.8 Å². The average Bonchev–Trinajstić information content (AvgIpc) is 3.31. The third-order valence-corrected chi connectivity index (χ3v) is 5.01. The second-order valence-corrected chi connectivity index (χ2v) is 7.04. The maximum absolute atomic E-state index is 12.2. The quantitative estimate of drug-likeness (QED) is 0.609. The maximum Gasteiger partial charge on any atom is 0.324 e. The van der Waals surface area contributed by atoms with Gasteiger partial charge in [-0.1, -0.05) is 23.5 Å². The molecular weight excluding hydrogens is 342 g/mol. The Morgan fingerprint density at radius 2 is 1.88 bits per heavy atom. The van der Waals surface area contributed by atoms with Crippen molar-refractivity contribution in [1.29, 1.82) is 0 Å². The third kappa shape index (κ3) is 4.21. The molecule has 7 nitrogen and oxygen atoms in total. The summed E-state index contributed by atoms with van der Waals surface area (Å²) in [6.45, 7) is 1.83. The number of amides is 2. The summed E-state index contributed by atoms with van der Waals surface area (Å²) in [5.41, 5.74) is 1.61. The van der Waals surface area contributed by atoms with E-state index in [0.717, 1.165) is 35.4 Å². The number of anilines is 1. The zero-order valence-corrected chi connectivity index (χ0v) is 14.3. The molecule has 130 valence electrons. The van der Waals surface area contributed by atoms with Gasteiger partial charge in [0.25, 0.3) is 5.91 Å². The van der Waals surface area contributed by atoms with E-state index in [1.165, 1.54) is 12.1 Å². The van der Waals surface area contributed by atoms with Crippen molar-refractivity contribution < 1.29 is 14.5 Å². The van der Waals surface area contributed by atoms with Crippen molar-refractivity contribution in [1.82, 2.24) is 5.32 Å². The van der Waals surface area contributed by atoms with E-state index in [0.29, 0.717) is 4.88 Å². The van der Waals surface area contributed by atoms with Crippen LogP contribution in [-0.2, 0) is 4.79 Å². The summed E-state index contributed by atoms with van der Waals surface area (Å²) in [5, 5.41) is 16.3. The third-order valence-electron chi connectivity index (χ3n) is 3.97. The first-order valence-electron chi connectivity index (χ1n) is 7.90. The number of hydrogen-bond donors (Lipinski definition) is 2. The molecule has 1 heterocycles. The van der Waals surface area contributed by atoms with Gasteiger partial charge in [0.1, 0.15) is 0 Å². The van der Waals surface area contributed by atoms with Gasteiger partial charge in [0.2, 0.25) is 5.91 Å². The Labute approximate surface area is 148 Å². The van der Waals surface area contributed by atoms with Crippen LogP contribution in [0.4, 0.5) is 10.7 Å². The molecule has 0 spiro atoms. The number of nitrogens with one attached hydrogen (secondary N) is 2. The fourth-order valence-electron chi connectivity index (χ4n) is 2.34. The van der Waals surface area contributed by atoms with Crippen LogP contribution in [0.1, 0.15) is 41.0 Å². The lowest BCUT2D eigenvalue weighted by Gasteiger charge is -2.14. The average molecular weight is 359 g/mol. The number of carbonyl (C=O) groups is 2. The second kappa shape index (κ2) is 7.02. The Kier molecular flexibility index (Phi) is 4.80. The summed E-state index contributed by atoms with van der Waals surface area (Å²) in [6, 6.07) is 9.78. The first kappa shape index (κ1) is 17.1. The van der Waals surface area contributed by atoms with Crippen molar-refractivity contribution in [3.8, 4) is 0 Å². The molecule has 1 aliphatic rings. The number of carbonyl (C=O) groups excluding carboxylic acids is 2. The Morgan fingerprint density at radius 1 is 1.20 bits per heavy atom. The van der Waals surface area contributed by atoms with Crippen LogP contribution < -0.4 is 10.6 Å². The van der Waals surface area contributed by atoms with E-state index in [1.807, 2.05) is 19.1 Å². The van der Waals surface area contributed by atoms with Gasteiger partial charge in [-0.3, -0.25) is 19.7 Å². The molecule has 1 aliphatic carbocycles. The van der Waals surface area contributed by atoms with Crippen LogP contribution in [0.5, 0.6) is 0 Å². The predicted molar refractivity (Wildman–Crippen MR) is 94.7 cm³/mol. The molecule has 0 bridgehead atoms. The van der Waals surface area contributed by atoms with E-state index in [9.17, 15) is 19.7 Å². The molecule has 1 aromatic carbocycles. The minimum absolute atomic E-state index is 0.0494. The number of nitro groups is 1. The molecule has 1 unspecified atom stereocenters. The monoisotopic (exact) mass is 359 g/mol. The fraction of sp³-hybridized carbons (Fsp3) is 0.294. The molecule has 25 heavy (non-hydrogen) atoms. The minimum Gasteiger partial charge on any atom is -0.345 e. The Bertz CT molecular complexity index is 812. The van der Waals surface area contributed by atoms with Crippen molar-refractivity contribution in [2.75, 3.05) is 5.32 Å². The van der Waals surface area contributed by atoms with Gasteiger partial charge in [-0.15, -0.1) is 0 Å². The number of hydrogen-bond acceptors (Lipinski definition) is 5. The van der Waals surface area contributed by atoms with Gasteiger partial charge in [-0.25, -0.2) is 0 Å². The van der Waals surface area contributed by atoms with E-state index in [2.05, 4.69) is 10.6 Å². The van der Waals surface area contributed by atoms with Gasteiger partial charge in [0.15, 0.2) is 0 Å². The first-order chi connectivity index (χ1) is 11.9. The summed E-state index contributed by atoms with van der Waals surface area (Å²) in [5.74, 6) is -0.155. The second-order valence-electron chi connectivity index (χ2n) is 5.98. The van der Waals surface area contributed by atoms with Crippen LogP contribution in [0.2, 0.25) is 0 Å². The maximum atomic E-state index is 12.2. The summed E-state index contributed by atoms with van der Waals surface area (Å²) in [7, 11) is 0. The van der Waals surface area contributed by atoms with Gasteiger partial charge in [0.05, 0.1) is 15.8 Å². The fourth-order valence-corrected chi connectivity index (χ4v) is 3.07. The highest BCUT2D eigenvalue weighted by molar-refractivity contribution is 7.17. The lowest BCUT2D eigenvalue weighted by Crippen LogP contribution is -2.25. The van der Waals surface area contributed by atoms with Gasteiger partial charge in [-0.05, 0) is 43.5 Å². The Hall–Kier alpha value is -2.74. The predicted octanol–water partition coefficient (Wildman–Crippen LogP) is 3.50. The van der Waals surface area contributed by atoms with Crippen LogP contribution in [0.15, 0.2) is 36.4 Å². The zero-order valence-electron chi connectivity index (χ0n) is 13.5. The largest absolute Gasteiger partial charge is 0.345 e. The number of rotatable bonds is 6. The Morgan fingerprint density at radius 3 is 2.44 bits per heavy atom. The van der Waals surface area contributed by atoms with Crippen molar-refractivity contribution in [3.63, 3.8) is 0 Å². The van der Waals surface area contributed by atoms with Gasteiger partial charge in [0, 0.05) is 17.7 Å². The molecule has 2 aromatic rings. The highest BCUT2D eigenvalue weighted by atomic mass is 32.1. The molecule has 0 radical (unpaired) electrons. The summed E-state index contributed by atoms with van der Waals surface area (Å²) in [6.07, 6.45) is 1.90. The van der Waals surface area contributed by atoms with Gasteiger partial charge >= 0.3 is 5.00 Å². The highest BCUT2D eigenvalue weighted by Crippen LogP contribution is 2.30. The molecule has 2 N–H and O–H groups in total. The van der Waals surface area contributed by atoms with Crippen LogP contribution in [0.3, 0.4) is 0 Å². The SMILES string of the molecule is CC(NC(=O)c1ccc([N+](=O)[O-])s1)c1ccc(NC(=O)C2CC2)cc1. The molecule has 8 heteroatoms. The van der Waals surface area contributed by atoms with Crippen LogP contribution in [-0.4, -0.2) is 16.7 Å². The number of thiophene rings is 1. The van der Waals surface area contributed by atoms with E-state index in [1.54, 1.807) is 12.1 Å². The molecule has 2 amide bonds. The van der Waals surface area contributed by atoms with E-state index >= 15 is 0 Å². The van der Waals surface area contributed by atoms with Crippen LogP contribution in [0, 0.1) is 16.0 Å². The smallest absolute Gasteiger partial charge is 0.324 e. The number of benzene rings is 1. The zero-order chi connectivity index (χ0) is 18.0. The van der Waals surface area contributed by atoms with Crippen LogP contribution in [0.25, 0.3) is 0 Å². The van der Waals surface area contributed by atoms with Crippen molar-refractivity contribution >= 4 is 33.8 Å². The normalized spacial score (nSPS) is 14.6. The van der Waals surface area contributed by atoms with Crippen molar-refractivity contribution in [2.45, 2.75) is 25.8 Å². The lowest BCUT2D eigenvalue weighted by molar-refractivity contribution is -0.380. The molecule has 0 aliphatic heterocycles. The molecule has 1 fully saturated rings. The van der Waals surface area contributed by atoms with Gasteiger partial charge < -0.3 is 10.6 Å². The molecule has 0 saturated heterocycles.